The van der Waals surface area contributed by atoms with E-state index in [2.05, 4.69) is 5.32 Å². The molecule has 0 saturated heterocycles. The summed E-state index contributed by atoms with van der Waals surface area (Å²) in [6.45, 7) is 7.93. The zero-order valence-corrected chi connectivity index (χ0v) is 14.7. The Morgan fingerprint density at radius 2 is 1.50 bits per heavy atom. The maximum Gasteiger partial charge on any atom is 0.240 e. The Hall–Kier alpha value is -2.62. The smallest absolute Gasteiger partial charge is 0.240 e. The number of nitrogens with zero attached hydrogens (tertiary/aromatic N) is 1. The molecule has 2 aromatic carbocycles. The second kappa shape index (κ2) is 7.77. The van der Waals surface area contributed by atoms with Crippen LogP contribution in [0, 0.1) is 20.8 Å². The van der Waals surface area contributed by atoms with E-state index in [0.29, 0.717) is 6.54 Å². The van der Waals surface area contributed by atoms with Gasteiger partial charge in [0, 0.05) is 19.2 Å². The van der Waals surface area contributed by atoms with E-state index in [9.17, 15) is 9.59 Å². The highest BCUT2D eigenvalue weighted by Gasteiger charge is 2.16. The van der Waals surface area contributed by atoms with E-state index in [4.69, 9.17) is 0 Å². The normalized spacial score (nSPS) is 10.3. The zero-order valence-electron chi connectivity index (χ0n) is 14.7. The molecule has 126 valence electrons. The molecule has 0 aromatic heterocycles. The lowest BCUT2D eigenvalue weighted by Gasteiger charge is -2.21. The maximum absolute atomic E-state index is 12.2. The monoisotopic (exact) mass is 324 g/mol. The molecular formula is C20H24N2O2. The molecule has 0 unspecified atom stereocenters. The average molecular weight is 324 g/mol. The summed E-state index contributed by atoms with van der Waals surface area (Å²) in [5.74, 6) is -0.324. The Bertz CT molecular complexity index is 716. The van der Waals surface area contributed by atoms with Crippen molar-refractivity contribution < 1.29 is 9.59 Å². The molecule has 0 aliphatic rings. The maximum atomic E-state index is 12.2. The molecule has 0 aliphatic carbocycles. The van der Waals surface area contributed by atoms with Crippen LogP contribution in [0.15, 0.2) is 42.5 Å². The summed E-state index contributed by atoms with van der Waals surface area (Å²) >= 11 is 0. The van der Waals surface area contributed by atoms with Gasteiger partial charge < -0.3 is 10.2 Å². The summed E-state index contributed by atoms with van der Waals surface area (Å²) in [6.07, 6.45) is 0. The van der Waals surface area contributed by atoms with Crippen molar-refractivity contribution in [2.45, 2.75) is 34.2 Å². The van der Waals surface area contributed by atoms with Crippen molar-refractivity contribution in [3.05, 3.63) is 64.7 Å². The van der Waals surface area contributed by atoms with Crippen LogP contribution in [-0.2, 0) is 16.1 Å². The number of carbonyl (C=O) groups excluding carboxylic acids is 2. The van der Waals surface area contributed by atoms with E-state index in [0.717, 1.165) is 22.4 Å². The minimum Gasteiger partial charge on any atom is -0.350 e. The molecule has 0 saturated carbocycles. The van der Waals surface area contributed by atoms with Crippen LogP contribution in [0.1, 0.15) is 29.2 Å². The number of anilines is 1. The molecule has 0 fully saturated rings. The quantitative estimate of drug-likeness (QED) is 0.917. The molecule has 2 aromatic rings. The van der Waals surface area contributed by atoms with Crippen LogP contribution < -0.4 is 10.2 Å². The van der Waals surface area contributed by atoms with Crippen molar-refractivity contribution >= 4 is 17.5 Å². The van der Waals surface area contributed by atoms with Gasteiger partial charge in [-0.2, -0.15) is 0 Å². The van der Waals surface area contributed by atoms with Gasteiger partial charge in [-0.3, -0.25) is 9.59 Å². The van der Waals surface area contributed by atoms with Gasteiger partial charge in [-0.15, -0.1) is 0 Å². The summed E-state index contributed by atoms with van der Waals surface area (Å²) in [5, 5.41) is 2.87. The van der Waals surface area contributed by atoms with Gasteiger partial charge in [0.2, 0.25) is 11.8 Å². The number of hydrogen-bond acceptors (Lipinski definition) is 2. The Morgan fingerprint density at radius 1 is 0.917 bits per heavy atom. The van der Waals surface area contributed by atoms with Crippen molar-refractivity contribution in [1.82, 2.24) is 5.32 Å². The number of nitrogens with one attached hydrogen (secondary N) is 1. The van der Waals surface area contributed by atoms with Crippen LogP contribution in [0.5, 0.6) is 0 Å². The first-order chi connectivity index (χ1) is 11.3. The lowest BCUT2D eigenvalue weighted by atomic mass is 10.1. The molecule has 0 aliphatic heterocycles. The highest BCUT2D eigenvalue weighted by atomic mass is 16.2. The summed E-state index contributed by atoms with van der Waals surface area (Å²) in [4.78, 5) is 25.7. The molecule has 24 heavy (non-hydrogen) atoms. The first-order valence-corrected chi connectivity index (χ1v) is 8.04. The van der Waals surface area contributed by atoms with Gasteiger partial charge in [0.25, 0.3) is 0 Å². The lowest BCUT2D eigenvalue weighted by molar-refractivity contribution is -0.123. The molecule has 2 rings (SSSR count). The number of carbonyl (C=O) groups is 2. The average Bonchev–Trinajstić information content (AvgIpc) is 2.50. The van der Waals surface area contributed by atoms with Crippen LogP contribution in [0.4, 0.5) is 5.69 Å². The largest absolute Gasteiger partial charge is 0.350 e. The van der Waals surface area contributed by atoms with E-state index in [1.165, 1.54) is 17.4 Å². The van der Waals surface area contributed by atoms with Gasteiger partial charge in [0.1, 0.15) is 6.54 Å². The minimum absolute atomic E-state index is 0.0179. The topological polar surface area (TPSA) is 49.4 Å². The standard InChI is InChI=1S/C20H24N2O2/c1-14-5-7-18(8-6-14)12-21-20(24)13-22(17(4)23)19-10-15(2)9-16(3)11-19/h5-11H,12-13H2,1-4H3,(H,21,24). The van der Waals surface area contributed by atoms with Gasteiger partial charge in [-0.05, 0) is 49.6 Å². The first-order valence-electron chi connectivity index (χ1n) is 8.04. The zero-order chi connectivity index (χ0) is 17.7. The third kappa shape index (κ3) is 4.95. The fourth-order valence-electron chi connectivity index (χ4n) is 2.60. The van der Waals surface area contributed by atoms with Crippen molar-refractivity contribution in [3.63, 3.8) is 0 Å². The Morgan fingerprint density at radius 3 is 2.04 bits per heavy atom. The third-order valence-electron chi connectivity index (χ3n) is 3.81. The Balaban J connectivity index is 2.03. The molecule has 0 atom stereocenters. The number of benzene rings is 2. The predicted octanol–water partition coefficient (Wildman–Crippen LogP) is 3.28. The molecule has 4 nitrogen and oxygen atoms in total. The third-order valence-corrected chi connectivity index (χ3v) is 3.81. The molecule has 4 heteroatoms. The molecule has 0 radical (unpaired) electrons. The van der Waals surface area contributed by atoms with Crippen LogP contribution in [-0.4, -0.2) is 18.4 Å². The SMILES string of the molecule is CC(=O)N(CC(=O)NCc1ccc(C)cc1)c1cc(C)cc(C)c1. The van der Waals surface area contributed by atoms with Crippen LogP contribution in [0.25, 0.3) is 0 Å². The fraction of sp³-hybridized carbons (Fsp3) is 0.300. The van der Waals surface area contributed by atoms with E-state index in [1.807, 2.05) is 63.2 Å². The lowest BCUT2D eigenvalue weighted by Crippen LogP contribution is -2.39. The van der Waals surface area contributed by atoms with E-state index >= 15 is 0 Å². The highest BCUT2D eigenvalue weighted by Crippen LogP contribution is 2.18. The molecule has 0 heterocycles. The molecule has 1 N–H and O–H groups in total. The number of amides is 2. The van der Waals surface area contributed by atoms with Crippen LogP contribution in [0.3, 0.4) is 0 Å². The Kier molecular flexibility index (Phi) is 5.74. The molecule has 0 bridgehead atoms. The Labute approximate surface area is 143 Å². The summed E-state index contributed by atoms with van der Waals surface area (Å²) in [7, 11) is 0. The minimum atomic E-state index is -0.176. The van der Waals surface area contributed by atoms with Gasteiger partial charge in [-0.1, -0.05) is 35.9 Å². The number of rotatable bonds is 5. The van der Waals surface area contributed by atoms with Gasteiger partial charge in [0.15, 0.2) is 0 Å². The molecular weight excluding hydrogens is 300 g/mol. The van der Waals surface area contributed by atoms with Crippen molar-refractivity contribution in [1.29, 1.82) is 0 Å². The first kappa shape index (κ1) is 17.7. The second-order valence-electron chi connectivity index (χ2n) is 6.21. The van der Waals surface area contributed by atoms with Crippen LogP contribution in [0.2, 0.25) is 0 Å². The highest BCUT2D eigenvalue weighted by molar-refractivity contribution is 5.97. The fourth-order valence-corrected chi connectivity index (χ4v) is 2.60. The predicted molar refractivity (Wildman–Crippen MR) is 97.0 cm³/mol. The van der Waals surface area contributed by atoms with Gasteiger partial charge in [-0.25, -0.2) is 0 Å². The van der Waals surface area contributed by atoms with Crippen LogP contribution >= 0.6 is 0 Å². The summed E-state index contributed by atoms with van der Waals surface area (Å²) in [5.41, 5.74) is 5.11. The van der Waals surface area contributed by atoms with Gasteiger partial charge >= 0.3 is 0 Å². The van der Waals surface area contributed by atoms with Crippen molar-refractivity contribution in [3.8, 4) is 0 Å². The van der Waals surface area contributed by atoms with E-state index < -0.39 is 0 Å². The van der Waals surface area contributed by atoms with Crippen molar-refractivity contribution in [2.75, 3.05) is 11.4 Å². The number of aryl methyl sites for hydroxylation is 3. The van der Waals surface area contributed by atoms with E-state index in [1.54, 1.807) is 0 Å². The molecule has 0 spiro atoms. The van der Waals surface area contributed by atoms with E-state index in [-0.39, 0.29) is 18.4 Å². The van der Waals surface area contributed by atoms with Gasteiger partial charge in [0.05, 0.1) is 0 Å². The number of hydrogen-bond donors (Lipinski definition) is 1. The second-order valence-corrected chi connectivity index (χ2v) is 6.21. The summed E-state index contributed by atoms with van der Waals surface area (Å²) in [6, 6.07) is 13.9. The molecule has 2 amide bonds. The van der Waals surface area contributed by atoms with Crippen molar-refractivity contribution in [2.24, 2.45) is 0 Å². The summed E-state index contributed by atoms with van der Waals surface area (Å²) < 4.78 is 0.